The molecule has 0 bridgehead atoms. The van der Waals surface area contributed by atoms with Gasteiger partial charge in [-0.15, -0.1) is 0 Å². The van der Waals surface area contributed by atoms with Crippen molar-refractivity contribution in [3.05, 3.63) is 0 Å². The maximum Gasteiger partial charge on any atom is 0.239 e. The van der Waals surface area contributed by atoms with Crippen LogP contribution in [0.2, 0.25) is 0 Å². The fraction of sp³-hybridized carbons (Fsp3) is 0.923. The zero-order chi connectivity index (χ0) is 12.5. The fourth-order valence-electron chi connectivity index (χ4n) is 3.56. The molecule has 0 aromatic heterocycles. The van der Waals surface area contributed by atoms with Gasteiger partial charge in [0.1, 0.15) is 0 Å². The lowest BCUT2D eigenvalue weighted by molar-refractivity contribution is -0.131. The SMILES string of the molecule is C[C@H](N)C(=O)N1C[C@H](CO)C2(CCCCC2)C1. The van der Waals surface area contributed by atoms with Crippen molar-refractivity contribution >= 4 is 5.91 Å². The number of carbonyl (C=O) groups excluding carboxylic acids is 1. The molecule has 0 aromatic carbocycles. The van der Waals surface area contributed by atoms with Gasteiger partial charge in [-0.2, -0.15) is 0 Å². The van der Waals surface area contributed by atoms with Gasteiger partial charge in [-0.3, -0.25) is 4.79 Å². The Kier molecular flexibility index (Phi) is 3.73. The predicted molar refractivity (Wildman–Crippen MR) is 66.3 cm³/mol. The van der Waals surface area contributed by atoms with Gasteiger partial charge in [0.2, 0.25) is 5.91 Å². The third-order valence-electron chi connectivity index (χ3n) is 4.58. The van der Waals surface area contributed by atoms with Crippen LogP contribution in [-0.2, 0) is 4.79 Å². The van der Waals surface area contributed by atoms with Gasteiger partial charge >= 0.3 is 0 Å². The van der Waals surface area contributed by atoms with Crippen LogP contribution in [0.25, 0.3) is 0 Å². The van der Waals surface area contributed by atoms with Gasteiger partial charge in [0.25, 0.3) is 0 Å². The molecule has 0 radical (unpaired) electrons. The number of likely N-dealkylation sites (tertiary alicyclic amines) is 1. The van der Waals surface area contributed by atoms with Gasteiger partial charge in [-0.1, -0.05) is 19.3 Å². The van der Waals surface area contributed by atoms with Gasteiger partial charge in [0.05, 0.1) is 6.04 Å². The Bertz CT molecular complexity index is 285. The maximum atomic E-state index is 12.0. The predicted octanol–water partition coefficient (Wildman–Crippen LogP) is 0.735. The molecular formula is C13H24N2O2. The molecule has 1 saturated heterocycles. The van der Waals surface area contributed by atoms with Crippen molar-refractivity contribution in [1.29, 1.82) is 0 Å². The number of rotatable bonds is 2. The fourth-order valence-corrected chi connectivity index (χ4v) is 3.56. The Morgan fingerprint density at radius 1 is 1.47 bits per heavy atom. The molecule has 2 atom stereocenters. The second-order valence-corrected chi connectivity index (χ2v) is 5.81. The minimum absolute atomic E-state index is 0.0332. The molecule has 2 rings (SSSR count). The third-order valence-corrected chi connectivity index (χ3v) is 4.58. The summed E-state index contributed by atoms with van der Waals surface area (Å²) in [6, 6.07) is -0.423. The van der Waals surface area contributed by atoms with Gasteiger partial charge in [0.15, 0.2) is 0 Å². The van der Waals surface area contributed by atoms with E-state index in [1.165, 1.54) is 19.3 Å². The molecule has 1 aliphatic carbocycles. The minimum Gasteiger partial charge on any atom is -0.396 e. The molecule has 1 heterocycles. The summed E-state index contributed by atoms with van der Waals surface area (Å²) in [7, 11) is 0. The van der Waals surface area contributed by atoms with Gasteiger partial charge in [-0.25, -0.2) is 0 Å². The number of aliphatic hydroxyl groups is 1. The summed E-state index contributed by atoms with van der Waals surface area (Å²) >= 11 is 0. The summed E-state index contributed by atoms with van der Waals surface area (Å²) in [4.78, 5) is 13.8. The standard InChI is InChI=1S/C13H24N2O2/c1-10(14)12(17)15-7-11(8-16)13(9-15)5-3-2-4-6-13/h10-11,16H,2-9,14H2,1H3/t10-,11+/m0/s1. The molecule has 0 aromatic rings. The first kappa shape index (κ1) is 12.8. The highest BCUT2D eigenvalue weighted by Crippen LogP contribution is 2.47. The summed E-state index contributed by atoms with van der Waals surface area (Å²) in [5.41, 5.74) is 5.85. The van der Waals surface area contributed by atoms with E-state index in [9.17, 15) is 9.90 Å². The molecule has 98 valence electrons. The summed E-state index contributed by atoms with van der Waals surface area (Å²) in [5.74, 6) is 0.288. The highest BCUT2D eigenvalue weighted by molar-refractivity contribution is 5.81. The van der Waals surface area contributed by atoms with Gasteiger partial charge in [-0.05, 0) is 25.2 Å². The van der Waals surface area contributed by atoms with Crippen molar-refractivity contribution in [1.82, 2.24) is 4.90 Å². The number of carbonyl (C=O) groups is 1. The monoisotopic (exact) mass is 240 g/mol. The molecule has 3 N–H and O–H groups in total. The first-order chi connectivity index (χ1) is 8.09. The van der Waals surface area contributed by atoms with E-state index >= 15 is 0 Å². The molecule has 17 heavy (non-hydrogen) atoms. The van der Waals surface area contributed by atoms with E-state index in [2.05, 4.69) is 0 Å². The van der Waals surface area contributed by atoms with Crippen molar-refractivity contribution in [2.24, 2.45) is 17.1 Å². The van der Waals surface area contributed by atoms with Crippen molar-refractivity contribution in [2.45, 2.75) is 45.1 Å². The maximum absolute atomic E-state index is 12.0. The summed E-state index contributed by atoms with van der Waals surface area (Å²) in [6.07, 6.45) is 6.07. The van der Waals surface area contributed by atoms with Crippen molar-refractivity contribution < 1.29 is 9.90 Å². The zero-order valence-electron chi connectivity index (χ0n) is 10.7. The van der Waals surface area contributed by atoms with Crippen LogP contribution in [0.4, 0.5) is 0 Å². The summed E-state index contributed by atoms with van der Waals surface area (Å²) in [5, 5.41) is 9.55. The van der Waals surface area contributed by atoms with Crippen LogP contribution in [0.5, 0.6) is 0 Å². The molecule has 1 aliphatic heterocycles. The van der Waals surface area contributed by atoms with Crippen LogP contribution in [0.3, 0.4) is 0 Å². The van der Waals surface area contributed by atoms with Gasteiger partial charge < -0.3 is 15.7 Å². The second kappa shape index (κ2) is 4.94. The average molecular weight is 240 g/mol. The highest BCUT2D eigenvalue weighted by Gasteiger charge is 2.47. The number of hydrogen-bond donors (Lipinski definition) is 2. The zero-order valence-corrected chi connectivity index (χ0v) is 10.7. The quantitative estimate of drug-likeness (QED) is 0.748. The first-order valence-electron chi connectivity index (χ1n) is 6.74. The minimum atomic E-state index is -0.423. The molecule has 1 saturated carbocycles. The Morgan fingerprint density at radius 3 is 2.65 bits per heavy atom. The number of nitrogens with two attached hydrogens (primary N) is 1. The molecular weight excluding hydrogens is 216 g/mol. The lowest BCUT2D eigenvalue weighted by atomic mass is 9.68. The van der Waals surface area contributed by atoms with Crippen LogP contribution in [0, 0.1) is 11.3 Å². The van der Waals surface area contributed by atoms with Gasteiger partial charge in [0, 0.05) is 25.6 Å². The Balaban J connectivity index is 2.10. The topological polar surface area (TPSA) is 66.6 Å². The van der Waals surface area contributed by atoms with Crippen LogP contribution < -0.4 is 5.73 Å². The second-order valence-electron chi connectivity index (χ2n) is 5.81. The number of nitrogens with zero attached hydrogens (tertiary/aromatic N) is 1. The Hall–Kier alpha value is -0.610. The van der Waals surface area contributed by atoms with E-state index in [0.29, 0.717) is 6.54 Å². The molecule has 0 unspecified atom stereocenters. The number of aliphatic hydroxyl groups excluding tert-OH is 1. The number of hydrogen-bond acceptors (Lipinski definition) is 3. The van der Waals surface area contributed by atoms with Crippen LogP contribution >= 0.6 is 0 Å². The lowest BCUT2D eigenvalue weighted by Gasteiger charge is -2.37. The van der Waals surface area contributed by atoms with Crippen molar-refractivity contribution in [3.8, 4) is 0 Å². The molecule has 4 nitrogen and oxygen atoms in total. The van der Waals surface area contributed by atoms with E-state index < -0.39 is 6.04 Å². The summed E-state index contributed by atoms with van der Waals surface area (Å²) < 4.78 is 0. The Morgan fingerprint density at radius 2 is 2.12 bits per heavy atom. The molecule has 4 heteroatoms. The van der Waals surface area contributed by atoms with Crippen LogP contribution in [-0.4, -0.2) is 41.7 Å². The average Bonchev–Trinajstić information content (AvgIpc) is 2.67. The first-order valence-corrected chi connectivity index (χ1v) is 6.74. The smallest absolute Gasteiger partial charge is 0.239 e. The van der Waals surface area contributed by atoms with E-state index in [1.807, 2.05) is 4.90 Å². The van der Waals surface area contributed by atoms with E-state index in [-0.39, 0.29) is 23.8 Å². The van der Waals surface area contributed by atoms with E-state index in [0.717, 1.165) is 19.4 Å². The Labute approximate surface area is 103 Å². The largest absolute Gasteiger partial charge is 0.396 e. The molecule has 2 aliphatic rings. The van der Waals surface area contributed by atoms with E-state index in [1.54, 1.807) is 6.92 Å². The van der Waals surface area contributed by atoms with Crippen molar-refractivity contribution in [3.63, 3.8) is 0 Å². The van der Waals surface area contributed by atoms with Crippen LogP contribution in [0.1, 0.15) is 39.0 Å². The molecule has 1 spiro atoms. The van der Waals surface area contributed by atoms with Crippen LogP contribution in [0.15, 0.2) is 0 Å². The third kappa shape index (κ3) is 2.33. The highest BCUT2D eigenvalue weighted by atomic mass is 16.3. The van der Waals surface area contributed by atoms with Crippen molar-refractivity contribution in [2.75, 3.05) is 19.7 Å². The number of amides is 1. The lowest BCUT2D eigenvalue weighted by Crippen LogP contribution is -2.42. The molecule has 2 fully saturated rings. The van der Waals surface area contributed by atoms with E-state index in [4.69, 9.17) is 5.73 Å². The normalized spacial score (nSPS) is 29.6. The molecule has 1 amide bonds. The summed E-state index contributed by atoms with van der Waals surface area (Å²) in [6.45, 7) is 3.43.